The zero-order valence-corrected chi connectivity index (χ0v) is 15.4. The summed E-state index contributed by atoms with van der Waals surface area (Å²) in [5, 5.41) is 0. The molecule has 2 aliphatic rings. The van der Waals surface area contributed by atoms with Crippen molar-refractivity contribution in [3.8, 4) is 5.75 Å². The van der Waals surface area contributed by atoms with Gasteiger partial charge in [0.25, 0.3) is 0 Å². The van der Waals surface area contributed by atoms with Gasteiger partial charge in [0.2, 0.25) is 15.9 Å². The molecule has 0 saturated carbocycles. The maximum atomic E-state index is 13.2. The van der Waals surface area contributed by atoms with E-state index in [0.717, 1.165) is 0 Å². The van der Waals surface area contributed by atoms with Crippen molar-refractivity contribution in [3.63, 3.8) is 0 Å². The molecule has 1 amide bonds. The van der Waals surface area contributed by atoms with Crippen LogP contribution in [0.5, 0.6) is 5.75 Å². The average molecular weight is 368 g/mol. The molecule has 0 radical (unpaired) electrons. The number of hydrogen-bond acceptors (Lipinski definition) is 5. The minimum atomic E-state index is -3.76. The second-order valence-corrected chi connectivity index (χ2v) is 8.20. The number of ether oxygens (including phenoxy) is 2. The maximum Gasteiger partial charge on any atom is 0.244 e. The van der Waals surface area contributed by atoms with Crippen molar-refractivity contribution in [2.75, 3.05) is 40.0 Å². The van der Waals surface area contributed by atoms with Gasteiger partial charge >= 0.3 is 0 Å². The summed E-state index contributed by atoms with van der Waals surface area (Å²) < 4.78 is 38.2. The Labute approximate surface area is 148 Å². The highest BCUT2D eigenvalue weighted by Crippen LogP contribution is 2.31. The van der Waals surface area contributed by atoms with Gasteiger partial charge < -0.3 is 14.4 Å². The number of carbonyl (C=O) groups is 1. The molecule has 0 spiro atoms. The third-order valence-electron chi connectivity index (χ3n) is 4.79. The standard InChI is InChI=1S/C17H24N2O5S/c1-13-5-6-14(23-2)12-16(13)25(21,22)19-7-3-4-15(19)17(20)18-8-10-24-11-9-18/h5-6,12,15H,3-4,7-11H2,1-2H3/t15-/m1/s1. The number of methoxy groups -OCH3 is 1. The number of carbonyl (C=O) groups excluding carboxylic acids is 1. The van der Waals surface area contributed by atoms with Crippen LogP contribution in [0.25, 0.3) is 0 Å². The van der Waals surface area contributed by atoms with Crippen LogP contribution in [0.15, 0.2) is 23.1 Å². The van der Waals surface area contributed by atoms with Crippen LogP contribution in [0.4, 0.5) is 0 Å². The molecule has 25 heavy (non-hydrogen) atoms. The number of aryl methyl sites for hydroxylation is 1. The lowest BCUT2D eigenvalue weighted by molar-refractivity contribution is -0.138. The molecule has 2 fully saturated rings. The lowest BCUT2D eigenvalue weighted by Gasteiger charge is -2.32. The fourth-order valence-electron chi connectivity index (χ4n) is 3.38. The summed E-state index contributed by atoms with van der Waals surface area (Å²) in [5.74, 6) is 0.365. The summed E-state index contributed by atoms with van der Waals surface area (Å²) in [6.45, 7) is 4.14. The first-order chi connectivity index (χ1) is 11.9. The van der Waals surface area contributed by atoms with Gasteiger partial charge in [-0.25, -0.2) is 8.42 Å². The number of morpholine rings is 1. The van der Waals surface area contributed by atoms with E-state index in [0.29, 0.717) is 57.0 Å². The van der Waals surface area contributed by atoms with Crippen molar-refractivity contribution in [1.29, 1.82) is 0 Å². The van der Waals surface area contributed by atoms with Crippen LogP contribution in [0.2, 0.25) is 0 Å². The molecule has 138 valence electrons. The molecule has 0 aliphatic carbocycles. The molecular formula is C17H24N2O5S. The summed E-state index contributed by atoms with van der Waals surface area (Å²) in [6.07, 6.45) is 1.24. The largest absolute Gasteiger partial charge is 0.497 e. The Balaban J connectivity index is 1.89. The Kier molecular flexibility index (Phi) is 5.31. The SMILES string of the molecule is COc1ccc(C)c(S(=O)(=O)N2CCC[C@@H]2C(=O)N2CCOCC2)c1. The summed E-state index contributed by atoms with van der Waals surface area (Å²) in [5.41, 5.74) is 0.644. The van der Waals surface area contributed by atoms with Gasteiger partial charge in [0.05, 0.1) is 25.2 Å². The molecule has 2 heterocycles. The molecule has 2 aliphatic heterocycles. The average Bonchev–Trinajstić information content (AvgIpc) is 3.12. The number of nitrogens with zero attached hydrogens (tertiary/aromatic N) is 2. The number of amides is 1. The highest BCUT2D eigenvalue weighted by Gasteiger charge is 2.41. The predicted octanol–water partition coefficient (Wildman–Crippen LogP) is 1.02. The Morgan fingerprint density at radius 1 is 1.24 bits per heavy atom. The van der Waals surface area contributed by atoms with Gasteiger partial charge in [-0.2, -0.15) is 4.31 Å². The number of benzene rings is 1. The van der Waals surface area contributed by atoms with Gasteiger partial charge in [0.15, 0.2) is 0 Å². The zero-order valence-electron chi connectivity index (χ0n) is 14.6. The lowest BCUT2D eigenvalue weighted by Crippen LogP contribution is -2.51. The molecule has 2 saturated heterocycles. The Bertz CT molecular complexity index is 743. The summed E-state index contributed by atoms with van der Waals surface area (Å²) in [7, 11) is -2.26. The lowest BCUT2D eigenvalue weighted by atomic mass is 10.2. The molecule has 1 atom stereocenters. The Morgan fingerprint density at radius 3 is 2.64 bits per heavy atom. The predicted molar refractivity (Wildman–Crippen MR) is 92.0 cm³/mol. The van der Waals surface area contributed by atoms with Gasteiger partial charge in [0.1, 0.15) is 11.8 Å². The molecule has 0 bridgehead atoms. The second kappa shape index (κ2) is 7.31. The summed E-state index contributed by atoms with van der Waals surface area (Å²) in [6, 6.07) is 4.35. The molecule has 1 aromatic carbocycles. The summed E-state index contributed by atoms with van der Waals surface area (Å²) in [4.78, 5) is 14.7. The van der Waals surface area contributed by atoms with Crippen molar-refractivity contribution in [1.82, 2.24) is 9.21 Å². The third kappa shape index (κ3) is 3.51. The van der Waals surface area contributed by atoms with Gasteiger partial charge in [-0.1, -0.05) is 6.07 Å². The van der Waals surface area contributed by atoms with E-state index < -0.39 is 16.1 Å². The molecule has 7 nitrogen and oxygen atoms in total. The Morgan fingerprint density at radius 2 is 1.96 bits per heavy atom. The van der Waals surface area contributed by atoms with Gasteiger partial charge in [-0.05, 0) is 31.4 Å². The quantitative estimate of drug-likeness (QED) is 0.793. The number of sulfonamides is 1. The van der Waals surface area contributed by atoms with E-state index in [9.17, 15) is 13.2 Å². The van der Waals surface area contributed by atoms with E-state index in [1.807, 2.05) is 0 Å². The van der Waals surface area contributed by atoms with E-state index in [1.54, 1.807) is 24.0 Å². The third-order valence-corrected chi connectivity index (χ3v) is 6.84. The fourth-order valence-corrected chi connectivity index (χ4v) is 5.27. The van der Waals surface area contributed by atoms with Crippen LogP contribution in [0, 0.1) is 6.92 Å². The molecule has 0 N–H and O–H groups in total. The van der Waals surface area contributed by atoms with Crippen molar-refractivity contribution >= 4 is 15.9 Å². The van der Waals surface area contributed by atoms with Gasteiger partial charge in [0, 0.05) is 25.7 Å². The molecule has 0 unspecified atom stereocenters. The summed E-state index contributed by atoms with van der Waals surface area (Å²) >= 11 is 0. The van der Waals surface area contributed by atoms with Crippen LogP contribution in [0.1, 0.15) is 18.4 Å². The number of rotatable bonds is 4. The molecule has 1 aromatic rings. The first-order valence-electron chi connectivity index (χ1n) is 8.48. The highest BCUT2D eigenvalue weighted by atomic mass is 32.2. The smallest absolute Gasteiger partial charge is 0.244 e. The molecular weight excluding hydrogens is 344 g/mol. The van der Waals surface area contributed by atoms with Crippen LogP contribution < -0.4 is 4.74 Å². The topological polar surface area (TPSA) is 76.2 Å². The first kappa shape index (κ1) is 18.2. The normalized spacial score (nSPS) is 22.2. The van der Waals surface area contributed by atoms with Crippen LogP contribution in [-0.2, 0) is 19.6 Å². The minimum absolute atomic E-state index is 0.120. The van der Waals surface area contributed by atoms with E-state index in [1.165, 1.54) is 17.5 Å². The molecule has 3 rings (SSSR count). The first-order valence-corrected chi connectivity index (χ1v) is 9.92. The van der Waals surface area contributed by atoms with Crippen LogP contribution >= 0.6 is 0 Å². The molecule has 8 heteroatoms. The minimum Gasteiger partial charge on any atom is -0.497 e. The van der Waals surface area contributed by atoms with E-state index in [2.05, 4.69) is 0 Å². The van der Waals surface area contributed by atoms with Crippen molar-refractivity contribution in [2.45, 2.75) is 30.7 Å². The van der Waals surface area contributed by atoms with Crippen molar-refractivity contribution < 1.29 is 22.7 Å². The fraction of sp³-hybridized carbons (Fsp3) is 0.588. The second-order valence-electron chi connectivity index (χ2n) is 6.34. The molecule has 0 aromatic heterocycles. The van der Waals surface area contributed by atoms with Crippen molar-refractivity contribution in [3.05, 3.63) is 23.8 Å². The van der Waals surface area contributed by atoms with Gasteiger partial charge in [-0.3, -0.25) is 4.79 Å². The van der Waals surface area contributed by atoms with E-state index in [4.69, 9.17) is 9.47 Å². The van der Waals surface area contributed by atoms with E-state index in [-0.39, 0.29) is 10.8 Å². The zero-order chi connectivity index (χ0) is 18.0. The van der Waals surface area contributed by atoms with Crippen LogP contribution in [-0.4, -0.2) is 69.5 Å². The van der Waals surface area contributed by atoms with E-state index >= 15 is 0 Å². The van der Waals surface area contributed by atoms with Crippen molar-refractivity contribution in [2.24, 2.45) is 0 Å². The van der Waals surface area contributed by atoms with Gasteiger partial charge in [-0.15, -0.1) is 0 Å². The number of hydrogen-bond donors (Lipinski definition) is 0. The van der Waals surface area contributed by atoms with Crippen LogP contribution in [0.3, 0.4) is 0 Å². The Hall–Kier alpha value is -1.64. The monoisotopic (exact) mass is 368 g/mol. The maximum absolute atomic E-state index is 13.2. The highest BCUT2D eigenvalue weighted by molar-refractivity contribution is 7.89.